The number of nitrogens with zero attached hydrogens (tertiary/aromatic N) is 1. The molecular weight excluding hydrogens is 172 g/mol. The van der Waals surface area contributed by atoms with Gasteiger partial charge in [-0.05, 0) is 11.6 Å². The van der Waals surface area contributed by atoms with Crippen LogP contribution in [0.5, 0.6) is 0 Å². The third-order valence-corrected chi connectivity index (χ3v) is 2.18. The van der Waals surface area contributed by atoms with E-state index in [2.05, 4.69) is 23.2 Å². The van der Waals surface area contributed by atoms with Crippen LogP contribution in [0.4, 0.5) is 0 Å². The maximum absolute atomic E-state index is 8.82. The zero-order valence-corrected chi connectivity index (χ0v) is 7.70. The van der Waals surface area contributed by atoms with Gasteiger partial charge in [0, 0.05) is 18.3 Å². The molecule has 0 saturated heterocycles. The van der Waals surface area contributed by atoms with Gasteiger partial charge < -0.3 is 4.98 Å². The van der Waals surface area contributed by atoms with Crippen molar-refractivity contribution in [3.8, 4) is 6.07 Å². The van der Waals surface area contributed by atoms with Gasteiger partial charge >= 0.3 is 0 Å². The van der Waals surface area contributed by atoms with Crippen molar-refractivity contribution in [1.29, 1.82) is 5.26 Å². The van der Waals surface area contributed by atoms with Crippen molar-refractivity contribution in [2.75, 3.05) is 0 Å². The van der Waals surface area contributed by atoms with Crippen LogP contribution in [0.25, 0.3) is 0 Å². The minimum absolute atomic E-state index is 0.730. The molecule has 1 N–H and O–H groups in total. The lowest BCUT2D eigenvalue weighted by Gasteiger charge is -1.98. The summed E-state index contributed by atoms with van der Waals surface area (Å²) in [6, 6.07) is 14.1. The van der Waals surface area contributed by atoms with Crippen LogP contribution in [-0.2, 0) is 6.42 Å². The van der Waals surface area contributed by atoms with E-state index in [1.54, 1.807) is 12.3 Å². The Morgan fingerprint density at radius 1 is 1.14 bits per heavy atom. The van der Waals surface area contributed by atoms with E-state index in [1.807, 2.05) is 18.2 Å². The lowest BCUT2D eigenvalue weighted by atomic mass is 10.1. The first-order valence-corrected chi connectivity index (χ1v) is 4.50. The Balaban J connectivity index is 2.24. The van der Waals surface area contributed by atoms with E-state index in [4.69, 9.17) is 5.26 Å². The molecule has 0 aliphatic carbocycles. The van der Waals surface area contributed by atoms with Gasteiger partial charge in [-0.25, -0.2) is 0 Å². The summed E-state index contributed by atoms with van der Waals surface area (Å²) in [6.45, 7) is 0. The highest BCUT2D eigenvalue weighted by molar-refractivity contribution is 5.36. The molecule has 1 heterocycles. The van der Waals surface area contributed by atoms with Crippen LogP contribution in [0.1, 0.15) is 16.8 Å². The number of rotatable bonds is 2. The second kappa shape index (κ2) is 3.80. The highest BCUT2D eigenvalue weighted by Crippen LogP contribution is 2.11. The molecule has 0 bridgehead atoms. The third kappa shape index (κ3) is 1.67. The summed E-state index contributed by atoms with van der Waals surface area (Å²) in [4.78, 5) is 3.08. The van der Waals surface area contributed by atoms with E-state index in [1.165, 1.54) is 5.56 Å². The number of hydrogen-bond acceptors (Lipinski definition) is 1. The zero-order chi connectivity index (χ0) is 9.80. The van der Waals surface area contributed by atoms with E-state index in [0.717, 1.165) is 17.7 Å². The van der Waals surface area contributed by atoms with Gasteiger partial charge in [-0.15, -0.1) is 0 Å². The molecule has 1 aromatic heterocycles. The monoisotopic (exact) mass is 182 g/mol. The van der Waals surface area contributed by atoms with Gasteiger partial charge in [-0.3, -0.25) is 0 Å². The van der Waals surface area contributed by atoms with E-state index < -0.39 is 0 Å². The molecule has 0 atom stereocenters. The molecule has 1 aromatic carbocycles. The normalized spacial score (nSPS) is 9.64. The topological polar surface area (TPSA) is 39.6 Å². The predicted molar refractivity (Wildman–Crippen MR) is 54.8 cm³/mol. The van der Waals surface area contributed by atoms with Gasteiger partial charge in [0.25, 0.3) is 0 Å². The number of hydrogen-bond donors (Lipinski definition) is 1. The van der Waals surface area contributed by atoms with Gasteiger partial charge in [0.05, 0.1) is 5.56 Å². The molecule has 2 rings (SSSR count). The maximum Gasteiger partial charge on any atom is 0.101 e. The average molecular weight is 182 g/mol. The number of aromatic nitrogens is 1. The fraction of sp³-hybridized carbons (Fsp3) is 0.0833. The lowest BCUT2D eigenvalue weighted by molar-refractivity contribution is 1.10. The van der Waals surface area contributed by atoms with Crippen molar-refractivity contribution in [3.63, 3.8) is 0 Å². The van der Waals surface area contributed by atoms with Crippen LogP contribution in [0.3, 0.4) is 0 Å². The summed E-state index contributed by atoms with van der Waals surface area (Å²) in [5, 5.41) is 8.82. The molecule has 0 unspecified atom stereocenters. The van der Waals surface area contributed by atoms with Gasteiger partial charge in [-0.2, -0.15) is 5.26 Å². The molecule has 0 amide bonds. The van der Waals surface area contributed by atoms with E-state index >= 15 is 0 Å². The summed E-state index contributed by atoms with van der Waals surface area (Å²) in [7, 11) is 0. The van der Waals surface area contributed by atoms with E-state index in [9.17, 15) is 0 Å². The zero-order valence-electron chi connectivity index (χ0n) is 7.70. The van der Waals surface area contributed by atoms with Crippen LogP contribution >= 0.6 is 0 Å². The van der Waals surface area contributed by atoms with Crippen LogP contribution in [0, 0.1) is 11.3 Å². The summed E-state index contributed by atoms with van der Waals surface area (Å²) in [5.74, 6) is 0. The van der Waals surface area contributed by atoms with Crippen LogP contribution in [0.2, 0.25) is 0 Å². The Kier molecular flexibility index (Phi) is 2.33. The van der Waals surface area contributed by atoms with Gasteiger partial charge in [0.15, 0.2) is 0 Å². The third-order valence-electron chi connectivity index (χ3n) is 2.18. The van der Waals surface area contributed by atoms with Crippen LogP contribution < -0.4 is 0 Å². The largest absolute Gasteiger partial charge is 0.364 e. The Hall–Kier alpha value is -2.01. The van der Waals surface area contributed by atoms with E-state index in [0.29, 0.717) is 0 Å². The Bertz CT molecular complexity index is 449. The molecule has 0 spiro atoms. The maximum atomic E-state index is 8.82. The molecule has 2 heteroatoms. The SMILES string of the molecule is N#Cc1cc[nH]c1Cc1ccccc1. The number of aromatic amines is 1. The fourth-order valence-electron chi connectivity index (χ4n) is 1.45. The second-order valence-electron chi connectivity index (χ2n) is 3.14. The number of nitriles is 1. The van der Waals surface area contributed by atoms with Gasteiger partial charge in [0.1, 0.15) is 6.07 Å². The second-order valence-corrected chi connectivity index (χ2v) is 3.14. The van der Waals surface area contributed by atoms with Crippen LogP contribution in [0.15, 0.2) is 42.6 Å². The number of benzene rings is 1. The highest BCUT2D eigenvalue weighted by atomic mass is 14.7. The number of nitrogens with one attached hydrogen (secondary N) is 1. The van der Waals surface area contributed by atoms with Crippen molar-refractivity contribution in [2.45, 2.75) is 6.42 Å². The summed E-state index contributed by atoms with van der Waals surface area (Å²) in [5.41, 5.74) is 2.93. The standard InChI is InChI=1S/C12H10N2/c13-9-11-6-7-14-12(11)8-10-4-2-1-3-5-10/h1-7,14H,8H2. The van der Waals surface area contributed by atoms with Crippen LogP contribution in [-0.4, -0.2) is 4.98 Å². The molecule has 14 heavy (non-hydrogen) atoms. The summed E-state index contributed by atoms with van der Waals surface area (Å²) < 4.78 is 0. The predicted octanol–water partition coefficient (Wildman–Crippen LogP) is 2.48. The summed E-state index contributed by atoms with van der Waals surface area (Å²) in [6.07, 6.45) is 2.59. The molecule has 0 aliphatic rings. The molecule has 2 aromatic rings. The first kappa shape index (κ1) is 8.58. The van der Waals surface area contributed by atoms with Crippen molar-refractivity contribution in [2.24, 2.45) is 0 Å². The molecular formula is C12H10N2. The molecule has 68 valence electrons. The first-order chi connectivity index (χ1) is 6.90. The molecule has 0 aliphatic heterocycles. The number of H-pyrrole nitrogens is 1. The summed E-state index contributed by atoms with van der Waals surface area (Å²) >= 11 is 0. The Morgan fingerprint density at radius 2 is 1.93 bits per heavy atom. The molecule has 0 radical (unpaired) electrons. The minimum Gasteiger partial charge on any atom is -0.364 e. The van der Waals surface area contributed by atoms with Crippen molar-refractivity contribution in [1.82, 2.24) is 4.98 Å². The van der Waals surface area contributed by atoms with Crippen molar-refractivity contribution >= 4 is 0 Å². The lowest BCUT2D eigenvalue weighted by Crippen LogP contribution is -1.90. The molecule has 0 fully saturated rings. The van der Waals surface area contributed by atoms with Crippen molar-refractivity contribution in [3.05, 3.63) is 59.4 Å². The molecule has 0 saturated carbocycles. The fourth-order valence-corrected chi connectivity index (χ4v) is 1.45. The van der Waals surface area contributed by atoms with Gasteiger partial charge in [0.2, 0.25) is 0 Å². The Labute approximate surface area is 82.8 Å². The van der Waals surface area contributed by atoms with Gasteiger partial charge in [-0.1, -0.05) is 30.3 Å². The Morgan fingerprint density at radius 3 is 2.64 bits per heavy atom. The van der Waals surface area contributed by atoms with Crippen molar-refractivity contribution < 1.29 is 0 Å². The average Bonchev–Trinajstić information content (AvgIpc) is 2.67. The molecule has 2 nitrogen and oxygen atoms in total. The highest BCUT2D eigenvalue weighted by Gasteiger charge is 2.02. The quantitative estimate of drug-likeness (QED) is 0.761. The van der Waals surface area contributed by atoms with E-state index in [-0.39, 0.29) is 0 Å². The first-order valence-electron chi connectivity index (χ1n) is 4.50. The minimum atomic E-state index is 0.730. The smallest absolute Gasteiger partial charge is 0.101 e.